The summed E-state index contributed by atoms with van der Waals surface area (Å²) in [5.41, 5.74) is 11.5. The lowest BCUT2D eigenvalue weighted by atomic mass is 10.1. The first-order valence-electron chi connectivity index (χ1n) is 6.52. The van der Waals surface area contributed by atoms with Gasteiger partial charge in [0.05, 0.1) is 5.56 Å². The second-order valence-electron chi connectivity index (χ2n) is 4.65. The molecule has 120 valence electrons. The van der Waals surface area contributed by atoms with Gasteiger partial charge in [-0.3, -0.25) is 0 Å². The summed E-state index contributed by atoms with van der Waals surface area (Å²) in [4.78, 5) is 0. The molecule has 0 atom stereocenters. The van der Waals surface area contributed by atoms with Crippen LogP contribution in [0.3, 0.4) is 0 Å². The van der Waals surface area contributed by atoms with E-state index in [1.54, 1.807) is 12.1 Å². The van der Waals surface area contributed by atoms with E-state index in [9.17, 15) is 13.2 Å². The zero-order valence-corrected chi connectivity index (χ0v) is 11.9. The van der Waals surface area contributed by atoms with Gasteiger partial charge in [0, 0.05) is 35.3 Å². The third-order valence-electron chi connectivity index (χ3n) is 3.04. The Morgan fingerprint density at radius 3 is 2.48 bits per heavy atom. The summed E-state index contributed by atoms with van der Waals surface area (Å²) in [6, 6.07) is 9.13. The Kier molecular flexibility index (Phi) is 4.59. The molecular weight excluding hydrogens is 307 g/mol. The molecule has 0 aromatic heterocycles. The maximum atomic E-state index is 12.8. The van der Waals surface area contributed by atoms with Gasteiger partial charge in [-0.1, -0.05) is 6.07 Å². The SMILES string of the molecule is N=C/C(=C\N)c1ccc(N)cc1Oc1cccc(C(F)(F)F)c1. The van der Waals surface area contributed by atoms with Gasteiger partial charge in [-0.15, -0.1) is 0 Å². The van der Waals surface area contributed by atoms with E-state index in [1.165, 1.54) is 24.4 Å². The second-order valence-corrected chi connectivity index (χ2v) is 4.65. The molecular formula is C16H14F3N3O. The van der Waals surface area contributed by atoms with Crippen molar-refractivity contribution in [2.45, 2.75) is 6.18 Å². The molecule has 0 amide bonds. The number of ether oxygens (including phenoxy) is 1. The minimum Gasteiger partial charge on any atom is -0.457 e. The first kappa shape index (κ1) is 16.4. The van der Waals surface area contributed by atoms with Crippen molar-refractivity contribution < 1.29 is 17.9 Å². The minimum atomic E-state index is -4.46. The quantitative estimate of drug-likeness (QED) is 0.587. The molecule has 5 N–H and O–H groups in total. The Labute approximate surface area is 130 Å². The Hall–Kier alpha value is -2.96. The highest BCUT2D eigenvalue weighted by Gasteiger charge is 2.30. The summed E-state index contributed by atoms with van der Waals surface area (Å²) in [6.45, 7) is 0. The zero-order chi connectivity index (χ0) is 17.0. The van der Waals surface area contributed by atoms with Gasteiger partial charge in [0.25, 0.3) is 0 Å². The third-order valence-corrected chi connectivity index (χ3v) is 3.04. The molecule has 0 bridgehead atoms. The van der Waals surface area contributed by atoms with Crippen molar-refractivity contribution in [2.24, 2.45) is 5.73 Å². The van der Waals surface area contributed by atoms with Gasteiger partial charge in [-0.05, 0) is 30.3 Å². The molecule has 4 nitrogen and oxygen atoms in total. The van der Waals surface area contributed by atoms with Crippen LogP contribution < -0.4 is 16.2 Å². The smallest absolute Gasteiger partial charge is 0.416 e. The summed E-state index contributed by atoms with van der Waals surface area (Å²) in [5.74, 6) is 0.220. The topological polar surface area (TPSA) is 85.1 Å². The zero-order valence-electron chi connectivity index (χ0n) is 11.9. The van der Waals surface area contributed by atoms with E-state index in [2.05, 4.69) is 0 Å². The molecule has 0 saturated carbocycles. The maximum Gasteiger partial charge on any atom is 0.416 e. The largest absolute Gasteiger partial charge is 0.457 e. The van der Waals surface area contributed by atoms with Gasteiger partial charge in [0.1, 0.15) is 11.5 Å². The molecule has 0 radical (unpaired) electrons. The first-order chi connectivity index (χ1) is 10.8. The number of halogens is 3. The van der Waals surface area contributed by atoms with Crippen molar-refractivity contribution >= 4 is 17.5 Å². The van der Waals surface area contributed by atoms with Crippen molar-refractivity contribution in [1.29, 1.82) is 5.41 Å². The highest BCUT2D eigenvalue weighted by molar-refractivity contribution is 6.09. The van der Waals surface area contributed by atoms with Crippen LogP contribution in [0.25, 0.3) is 5.57 Å². The molecule has 0 aliphatic heterocycles. The van der Waals surface area contributed by atoms with Crippen molar-refractivity contribution in [1.82, 2.24) is 0 Å². The summed E-state index contributed by atoms with van der Waals surface area (Å²) >= 11 is 0. The molecule has 0 spiro atoms. The lowest BCUT2D eigenvalue weighted by molar-refractivity contribution is -0.137. The number of hydrogen-bond donors (Lipinski definition) is 3. The monoisotopic (exact) mass is 321 g/mol. The molecule has 0 unspecified atom stereocenters. The fraction of sp³-hybridized carbons (Fsp3) is 0.0625. The highest BCUT2D eigenvalue weighted by Crippen LogP contribution is 2.35. The van der Waals surface area contributed by atoms with Crippen LogP contribution in [-0.2, 0) is 6.18 Å². The van der Waals surface area contributed by atoms with Gasteiger partial charge in [-0.25, -0.2) is 0 Å². The number of nitrogens with two attached hydrogens (primary N) is 2. The van der Waals surface area contributed by atoms with Gasteiger partial charge >= 0.3 is 6.18 Å². The number of anilines is 1. The normalized spacial score (nSPS) is 12.0. The lowest BCUT2D eigenvalue weighted by Crippen LogP contribution is -2.04. The van der Waals surface area contributed by atoms with Crippen LogP contribution in [0.15, 0.2) is 48.7 Å². The van der Waals surface area contributed by atoms with Gasteiger partial charge in [0.15, 0.2) is 0 Å². The summed E-state index contributed by atoms with van der Waals surface area (Å²) in [6.07, 6.45) is -2.24. The van der Waals surface area contributed by atoms with Crippen molar-refractivity contribution in [3.05, 3.63) is 59.8 Å². The standard InChI is InChI=1S/C16H14F3N3O/c17-16(18,19)11-2-1-3-13(6-11)23-15-7-12(22)4-5-14(15)10(8-20)9-21/h1-9,20H,21-22H2/b10-9+,20-8?. The number of benzene rings is 2. The molecule has 0 heterocycles. The van der Waals surface area contributed by atoms with Crippen LogP contribution in [0, 0.1) is 5.41 Å². The van der Waals surface area contributed by atoms with E-state index < -0.39 is 11.7 Å². The van der Waals surface area contributed by atoms with Crippen molar-refractivity contribution in [2.75, 3.05) is 5.73 Å². The summed E-state index contributed by atoms with van der Waals surface area (Å²) in [5, 5.41) is 7.33. The highest BCUT2D eigenvalue weighted by atomic mass is 19.4. The van der Waals surface area contributed by atoms with Gasteiger partial charge in [0.2, 0.25) is 0 Å². The first-order valence-corrected chi connectivity index (χ1v) is 6.52. The van der Waals surface area contributed by atoms with E-state index in [4.69, 9.17) is 21.6 Å². The molecule has 2 aromatic rings. The minimum absolute atomic E-state index is 0.00743. The van der Waals surface area contributed by atoms with Crippen LogP contribution in [0.4, 0.5) is 18.9 Å². The summed E-state index contributed by atoms with van der Waals surface area (Å²) < 4.78 is 43.8. The Morgan fingerprint density at radius 1 is 1.13 bits per heavy atom. The van der Waals surface area contributed by atoms with Crippen molar-refractivity contribution in [3.8, 4) is 11.5 Å². The predicted molar refractivity (Wildman–Crippen MR) is 83.3 cm³/mol. The Bertz CT molecular complexity index is 754. The molecule has 0 aliphatic rings. The molecule has 23 heavy (non-hydrogen) atoms. The number of rotatable bonds is 4. The van der Waals surface area contributed by atoms with E-state index in [-0.39, 0.29) is 11.5 Å². The molecule has 0 fully saturated rings. The average molecular weight is 321 g/mol. The second kappa shape index (κ2) is 6.43. The van der Waals surface area contributed by atoms with E-state index in [0.29, 0.717) is 16.8 Å². The maximum absolute atomic E-state index is 12.8. The fourth-order valence-corrected chi connectivity index (χ4v) is 1.94. The van der Waals surface area contributed by atoms with Crippen LogP contribution >= 0.6 is 0 Å². The average Bonchev–Trinajstić information content (AvgIpc) is 2.50. The number of hydrogen-bond acceptors (Lipinski definition) is 4. The number of alkyl halides is 3. The van der Waals surface area contributed by atoms with E-state index in [1.807, 2.05) is 0 Å². The number of allylic oxidation sites excluding steroid dienone is 1. The molecule has 0 aliphatic carbocycles. The van der Waals surface area contributed by atoms with Crippen LogP contribution in [-0.4, -0.2) is 6.21 Å². The Morgan fingerprint density at radius 2 is 1.87 bits per heavy atom. The lowest BCUT2D eigenvalue weighted by Gasteiger charge is -2.14. The van der Waals surface area contributed by atoms with Gasteiger partial charge < -0.3 is 21.6 Å². The van der Waals surface area contributed by atoms with Crippen LogP contribution in [0.2, 0.25) is 0 Å². The van der Waals surface area contributed by atoms with Crippen LogP contribution in [0.5, 0.6) is 11.5 Å². The molecule has 2 rings (SSSR count). The van der Waals surface area contributed by atoms with Crippen molar-refractivity contribution in [3.63, 3.8) is 0 Å². The summed E-state index contributed by atoms with van der Waals surface area (Å²) in [7, 11) is 0. The van der Waals surface area contributed by atoms with E-state index in [0.717, 1.165) is 18.3 Å². The number of nitrogens with one attached hydrogen (secondary N) is 1. The molecule has 2 aromatic carbocycles. The Balaban J connectivity index is 2.44. The van der Waals surface area contributed by atoms with Gasteiger partial charge in [-0.2, -0.15) is 13.2 Å². The number of nitrogen functional groups attached to an aromatic ring is 1. The third kappa shape index (κ3) is 3.82. The van der Waals surface area contributed by atoms with E-state index >= 15 is 0 Å². The fourth-order valence-electron chi connectivity index (χ4n) is 1.94. The molecule has 7 heteroatoms. The van der Waals surface area contributed by atoms with Crippen LogP contribution in [0.1, 0.15) is 11.1 Å². The molecule has 0 saturated heterocycles. The predicted octanol–water partition coefficient (Wildman–Crippen LogP) is 4.03.